The minimum atomic E-state index is -0.808. The molecule has 4 aromatic rings. The molecule has 0 amide bonds. The van der Waals surface area contributed by atoms with Gasteiger partial charge in [-0.3, -0.25) is 5.10 Å². The van der Waals surface area contributed by atoms with E-state index in [-0.39, 0.29) is 0 Å². The predicted octanol–water partition coefficient (Wildman–Crippen LogP) is 3.73. The van der Waals surface area contributed by atoms with Gasteiger partial charge in [-0.1, -0.05) is 23.7 Å². The molecule has 0 aliphatic heterocycles. The van der Waals surface area contributed by atoms with Crippen molar-refractivity contribution in [1.29, 1.82) is 0 Å². The molecule has 0 saturated heterocycles. The van der Waals surface area contributed by atoms with Crippen LogP contribution in [0.3, 0.4) is 0 Å². The molecule has 4 rings (SSSR count). The Morgan fingerprint density at radius 3 is 2.64 bits per heavy atom. The van der Waals surface area contributed by atoms with Crippen LogP contribution in [0.2, 0.25) is 5.02 Å². The fraction of sp³-hybridized carbons (Fsp3) is 0.0588. The lowest BCUT2D eigenvalue weighted by Crippen LogP contribution is -2.00. The molecule has 8 heteroatoms. The highest BCUT2D eigenvalue weighted by atomic mass is 35.5. The van der Waals surface area contributed by atoms with E-state index in [0.29, 0.717) is 10.8 Å². The number of nitrogens with one attached hydrogen (secondary N) is 1. The zero-order valence-electron chi connectivity index (χ0n) is 12.8. The number of halogens is 1. The quantitative estimate of drug-likeness (QED) is 0.572. The molecule has 1 atom stereocenters. The molecule has 1 aromatic carbocycles. The van der Waals surface area contributed by atoms with Crippen LogP contribution >= 0.6 is 22.9 Å². The van der Waals surface area contributed by atoms with E-state index in [4.69, 9.17) is 11.6 Å². The number of rotatable bonds is 4. The fourth-order valence-electron chi connectivity index (χ4n) is 2.51. The highest BCUT2D eigenvalue weighted by molar-refractivity contribution is 7.19. The van der Waals surface area contributed by atoms with Crippen LogP contribution in [0, 0.1) is 0 Å². The molecule has 3 aromatic heterocycles. The Kier molecular flexibility index (Phi) is 4.27. The largest absolute Gasteiger partial charge is 0.384 e. The van der Waals surface area contributed by atoms with Crippen molar-refractivity contribution in [3.63, 3.8) is 0 Å². The monoisotopic (exact) mass is 369 g/mol. The zero-order valence-corrected chi connectivity index (χ0v) is 14.4. The van der Waals surface area contributed by atoms with Gasteiger partial charge in [-0.15, -0.1) is 11.3 Å². The van der Waals surface area contributed by atoms with Crippen molar-refractivity contribution < 1.29 is 5.11 Å². The lowest BCUT2D eigenvalue weighted by atomic mass is 10.0. The third-order valence-corrected chi connectivity index (χ3v) is 5.20. The van der Waals surface area contributed by atoms with Crippen LogP contribution in [0.4, 0.5) is 0 Å². The van der Waals surface area contributed by atoms with Crippen molar-refractivity contribution in [3.8, 4) is 21.1 Å². The maximum Gasteiger partial charge on any atom is 0.165 e. The van der Waals surface area contributed by atoms with Crippen molar-refractivity contribution >= 4 is 22.9 Å². The average Bonchev–Trinajstić information content (AvgIpc) is 3.32. The molecule has 0 spiro atoms. The van der Waals surface area contributed by atoms with E-state index < -0.39 is 6.10 Å². The molecule has 0 aliphatic carbocycles. The molecular weight excluding hydrogens is 358 g/mol. The van der Waals surface area contributed by atoms with Crippen LogP contribution in [0.15, 0.2) is 55.1 Å². The molecule has 0 fully saturated rings. The standard InChI is InChI=1S/C17H12ClN5OS/c18-12-3-1-10(2-4-12)15(24)13-7-14(11-5-6-20-21-8-11)25-16(13)17-19-9-22-23-17/h1-9,15,24H,(H,19,22,23)/t15-/m1/s1. The highest BCUT2D eigenvalue weighted by Crippen LogP contribution is 2.41. The highest BCUT2D eigenvalue weighted by Gasteiger charge is 2.21. The molecule has 25 heavy (non-hydrogen) atoms. The normalized spacial score (nSPS) is 12.2. The molecule has 0 aliphatic rings. The van der Waals surface area contributed by atoms with Crippen LogP contribution < -0.4 is 0 Å². The number of hydrogen-bond donors (Lipinski definition) is 2. The fourth-order valence-corrected chi connectivity index (χ4v) is 3.77. The first-order chi connectivity index (χ1) is 12.2. The number of aliphatic hydroxyl groups excluding tert-OH is 1. The first-order valence-electron chi connectivity index (χ1n) is 7.42. The number of aliphatic hydroxyl groups is 1. The van der Waals surface area contributed by atoms with Gasteiger partial charge in [0.1, 0.15) is 12.4 Å². The second-order valence-electron chi connectivity index (χ2n) is 5.31. The molecular formula is C17H12ClN5OS. The topological polar surface area (TPSA) is 87.6 Å². The van der Waals surface area contributed by atoms with E-state index in [1.807, 2.05) is 24.3 Å². The van der Waals surface area contributed by atoms with Gasteiger partial charge < -0.3 is 5.11 Å². The van der Waals surface area contributed by atoms with Gasteiger partial charge in [-0.05, 0) is 29.8 Å². The second kappa shape index (κ2) is 6.72. The summed E-state index contributed by atoms with van der Waals surface area (Å²) in [6, 6.07) is 11.0. The first kappa shape index (κ1) is 15.9. The van der Waals surface area contributed by atoms with Crippen LogP contribution in [0.1, 0.15) is 17.2 Å². The van der Waals surface area contributed by atoms with Crippen molar-refractivity contribution in [2.75, 3.05) is 0 Å². The Bertz CT molecular complexity index is 970. The number of nitrogens with zero attached hydrogens (tertiary/aromatic N) is 4. The van der Waals surface area contributed by atoms with E-state index >= 15 is 0 Å². The van der Waals surface area contributed by atoms with Crippen LogP contribution in [0.25, 0.3) is 21.1 Å². The number of H-pyrrole nitrogens is 1. The number of thiophene rings is 1. The van der Waals surface area contributed by atoms with Crippen LogP contribution in [-0.4, -0.2) is 30.5 Å². The Labute approximate surface area is 152 Å². The van der Waals surface area contributed by atoms with Crippen molar-refractivity contribution in [2.24, 2.45) is 0 Å². The Morgan fingerprint density at radius 1 is 1.12 bits per heavy atom. The maximum absolute atomic E-state index is 10.9. The SMILES string of the molecule is O[C@H](c1ccc(Cl)cc1)c1cc(-c2ccnnc2)sc1-c1ncn[nH]1. The third kappa shape index (κ3) is 3.17. The Balaban J connectivity index is 1.82. The van der Waals surface area contributed by atoms with Gasteiger partial charge in [0.15, 0.2) is 5.82 Å². The predicted molar refractivity (Wildman–Crippen MR) is 96.2 cm³/mol. The van der Waals surface area contributed by atoms with Gasteiger partial charge in [-0.2, -0.15) is 15.3 Å². The summed E-state index contributed by atoms with van der Waals surface area (Å²) in [4.78, 5) is 6.02. The summed E-state index contributed by atoms with van der Waals surface area (Å²) in [6.45, 7) is 0. The smallest absolute Gasteiger partial charge is 0.165 e. The average molecular weight is 370 g/mol. The Morgan fingerprint density at radius 2 is 1.96 bits per heavy atom. The summed E-state index contributed by atoms with van der Waals surface area (Å²) in [5.41, 5.74) is 2.42. The summed E-state index contributed by atoms with van der Waals surface area (Å²) in [7, 11) is 0. The van der Waals surface area contributed by atoms with E-state index in [1.165, 1.54) is 17.7 Å². The second-order valence-corrected chi connectivity index (χ2v) is 6.80. The van der Waals surface area contributed by atoms with Crippen LogP contribution in [-0.2, 0) is 0 Å². The van der Waals surface area contributed by atoms with Crippen LogP contribution in [0.5, 0.6) is 0 Å². The molecule has 0 unspecified atom stereocenters. The molecule has 0 radical (unpaired) electrons. The summed E-state index contributed by atoms with van der Waals surface area (Å²) < 4.78 is 0. The molecule has 124 valence electrons. The maximum atomic E-state index is 10.9. The number of aromatic amines is 1. The molecule has 6 nitrogen and oxygen atoms in total. The lowest BCUT2D eigenvalue weighted by Gasteiger charge is -2.11. The molecule has 0 bridgehead atoms. The van der Waals surface area contributed by atoms with E-state index in [0.717, 1.165) is 26.4 Å². The molecule has 0 saturated carbocycles. The van der Waals surface area contributed by atoms with Gasteiger partial charge >= 0.3 is 0 Å². The van der Waals surface area contributed by atoms with Gasteiger partial charge in [0.2, 0.25) is 0 Å². The van der Waals surface area contributed by atoms with E-state index in [2.05, 4.69) is 25.4 Å². The van der Waals surface area contributed by atoms with E-state index in [1.54, 1.807) is 24.5 Å². The first-order valence-corrected chi connectivity index (χ1v) is 8.62. The Hall–Kier alpha value is -2.61. The van der Waals surface area contributed by atoms with Gasteiger partial charge in [-0.25, -0.2) is 4.98 Å². The van der Waals surface area contributed by atoms with Gasteiger partial charge in [0.05, 0.1) is 17.3 Å². The summed E-state index contributed by atoms with van der Waals surface area (Å²) in [5.74, 6) is 0.612. The molecule has 3 heterocycles. The van der Waals surface area contributed by atoms with Gasteiger partial charge in [0.25, 0.3) is 0 Å². The number of benzene rings is 1. The van der Waals surface area contributed by atoms with Gasteiger partial charge in [0, 0.05) is 21.0 Å². The minimum Gasteiger partial charge on any atom is -0.384 e. The molecule has 2 N–H and O–H groups in total. The number of aromatic nitrogens is 5. The van der Waals surface area contributed by atoms with Crippen molar-refractivity contribution in [1.82, 2.24) is 25.4 Å². The summed E-state index contributed by atoms with van der Waals surface area (Å²) >= 11 is 7.45. The zero-order chi connectivity index (χ0) is 17.2. The minimum absolute atomic E-state index is 0.612. The third-order valence-electron chi connectivity index (χ3n) is 3.74. The lowest BCUT2D eigenvalue weighted by molar-refractivity contribution is 0.221. The number of hydrogen-bond acceptors (Lipinski definition) is 6. The summed E-state index contributed by atoms with van der Waals surface area (Å²) in [5, 5.41) is 26.0. The van der Waals surface area contributed by atoms with E-state index in [9.17, 15) is 5.11 Å². The van der Waals surface area contributed by atoms with Crippen molar-refractivity contribution in [3.05, 3.63) is 71.3 Å². The summed E-state index contributed by atoms with van der Waals surface area (Å²) in [6.07, 6.45) is 3.96. The van der Waals surface area contributed by atoms with Crippen molar-refractivity contribution in [2.45, 2.75) is 6.10 Å².